The zero-order valence-electron chi connectivity index (χ0n) is 12.3. The Hall–Kier alpha value is -2.77. The molecule has 1 fully saturated rings. The van der Waals surface area contributed by atoms with Gasteiger partial charge in [0.25, 0.3) is 5.69 Å². The summed E-state index contributed by atoms with van der Waals surface area (Å²) in [7, 11) is 0. The Morgan fingerprint density at radius 1 is 1.09 bits per heavy atom. The molecule has 3 rings (SSSR count). The standard InChI is InChI=1S/C16H16N4O3/c21-16(11-4-2-1-3-5-11)12-6-7-14(15(8-12)20(22)23)19-13-9-17-18-10-13/h1-8,13,17-19H,9-10H2. The molecule has 1 saturated heterocycles. The van der Waals surface area contributed by atoms with Gasteiger partial charge in [0.1, 0.15) is 5.69 Å². The first-order valence-corrected chi connectivity index (χ1v) is 7.25. The number of anilines is 1. The van der Waals surface area contributed by atoms with Gasteiger partial charge in [0.05, 0.1) is 11.0 Å². The topological polar surface area (TPSA) is 96.3 Å². The molecule has 0 atom stereocenters. The van der Waals surface area contributed by atoms with Gasteiger partial charge in [-0.1, -0.05) is 30.3 Å². The van der Waals surface area contributed by atoms with Crippen LogP contribution in [-0.2, 0) is 0 Å². The average molecular weight is 312 g/mol. The van der Waals surface area contributed by atoms with Crippen LogP contribution in [0, 0.1) is 10.1 Å². The second kappa shape index (κ2) is 6.55. The highest BCUT2D eigenvalue weighted by atomic mass is 16.6. The highest BCUT2D eigenvalue weighted by Crippen LogP contribution is 2.27. The number of hydrogen-bond donors (Lipinski definition) is 3. The molecule has 0 unspecified atom stereocenters. The minimum Gasteiger partial charge on any atom is -0.374 e. The molecule has 2 aromatic rings. The van der Waals surface area contributed by atoms with Crippen LogP contribution in [0.15, 0.2) is 48.5 Å². The van der Waals surface area contributed by atoms with Crippen molar-refractivity contribution in [2.24, 2.45) is 0 Å². The van der Waals surface area contributed by atoms with Crippen LogP contribution in [-0.4, -0.2) is 29.8 Å². The van der Waals surface area contributed by atoms with Gasteiger partial charge in [-0.3, -0.25) is 25.8 Å². The maximum absolute atomic E-state index is 12.4. The van der Waals surface area contributed by atoms with Crippen molar-refractivity contribution < 1.29 is 9.72 Å². The van der Waals surface area contributed by atoms with Gasteiger partial charge in [-0.2, -0.15) is 0 Å². The molecule has 118 valence electrons. The third-order valence-electron chi connectivity index (χ3n) is 3.67. The van der Waals surface area contributed by atoms with Crippen molar-refractivity contribution in [2.45, 2.75) is 6.04 Å². The quantitative estimate of drug-likeness (QED) is 0.442. The highest BCUT2D eigenvalue weighted by Gasteiger charge is 2.22. The van der Waals surface area contributed by atoms with Gasteiger partial charge in [0.15, 0.2) is 5.78 Å². The van der Waals surface area contributed by atoms with Gasteiger partial charge in [-0.25, -0.2) is 0 Å². The Bertz CT molecular complexity index is 727. The largest absolute Gasteiger partial charge is 0.374 e. The van der Waals surface area contributed by atoms with Crippen molar-refractivity contribution in [2.75, 3.05) is 18.4 Å². The second-order valence-electron chi connectivity index (χ2n) is 5.29. The number of nitro benzene ring substituents is 1. The predicted molar refractivity (Wildman–Crippen MR) is 86.4 cm³/mol. The number of carbonyl (C=O) groups excluding carboxylic acids is 1. The average Bonchev–Trinajstić information content (AvgIpc) is 3.08. The molecule has 0 spiro atoms. The number of hydrogen-bond acceptors (Lipinski definition) is 6. The number of nitro groups is 1. The molecule has 0 saturated carbocycles. The first-order chi connectivity index (χ1) is 11.1. The van der Waals surface area contributed by atoms with Crippen LogP contribution in [0.4, 0.5) is 11.4 Å². The molecule has 1 aliphatic rings. The number of nitrogens with one attached hydrogen (secondary N) is 3. The van der Waals surface area contributed by atoms with Crippen molar-refractivity contribution in [1.82, 2.24) is 10.9 Å². The first-order valence-electron chi connectivity index (χ1n) is 7.25. The lowest BCUT2D eigenvalue weighted by Gasteiger charge is -2.13. The summed E-state index contributed by atoms with van der Waals surface area (Å²) >= 11 is 0. The molecule has 0 aliphatic carbocycles. The van der Waals surface area contributed by atoms with Gasteiger partial charge in [0, 0.05) is 30.3 Å². The summed E-state index contributed by atoms with van der Waals surface area (Å²) in [4.78, 5) is 23.3. The van der Waals surface area contributed by atoms with E-state index in [1.54, 1.807) is 36.4 Å². The molecule has 2 aromatic carbocycles. The Labute approximate surface area is 132 Å². The van der Waals surface area contributed by atoms with Crippen LogP contribution in [0.25, 0.3) is 0 Å². The Morgan fingerprint density at radius 2 is 1.78 bits per heavy atom. The van der Waals surface area contributed by atoms with E-state index in [1.807, 2.05) is 6.07 Å². The van der Waals surface area contributed by atoms with Crippen LogP contribution < -0.4 is 16.2 Å². The van der Waals surface area contributed by atoms with Crippen LogP contribution >= 0.6 is 0 Å². The molecule has 0 aromatic heterocycles. The van der Waals surface area contributed by atoms with Gasteiger partial charge in [-0.15, -0.1) is 0 Å². The van der Waals surface area contributed by atoms with E-state index in [0.29, 0.717) is 29.9 Å². The van der Waals surface area contributed by atoms with Crippen molar-refractivity contribution >= 4 is 17.2 Å². The van der Waals surface area contributed by atoms with E-state index < -0.39 is 4.92 Å². The van der Waals surface area contributed by atoms with Gasteiger partial charge in [0.2, 0.25) is 0 Å². The van der Waals surface area contributed by atoms with Crippen LogP contribution in [0.5, 0.6) is 0 Å². The molecule has 7 heteroatoms. The smallest absolute Gasteiger partial charge is 0.293 e. The number of rotatable bonds is 5. The molecule has 0 amide bonds. The number of ketones is 1. The predicted octanol–water partition coefficient (Wildman–Crippen LogP) is 1.71. The van der Waals surface area contributed by atoms with Crippen LogP contribution in [0.2, 0.25) is 0 Å². The fourth-order valence-corrected chi connectivity index (χ4v) is 2.49. The molecule has 1 aliphatic heterocycles. The zero-order valence-corrected chi connectivity index (χ0v) is 12.3. The fraction of sp³-hybridized carbons (Fsp3) is 0.188. The number of hydrazine groups is 1. The summed E-state index contributed by atoms with van der Waals surface area (Å²) in [5.74, 6) is -0.232. The Balaban J connectivity index is 1.90. The van der Waals surface area contributed by atoms with E-state index in [0.717, 1.165) is 0 Å². The molecule has 7 nitrogen and oxygen atoms in total. The lowest BCUT2D eigenvalue weighted by Crippen LogP contribution is -2.25. The summed E-state index contributed by atoms with van der Waals surface area (Å²) in [6.45, 7) is 1.34. The minimum atomic E-state index is -0.472. The summed E-state index contributed by atoms with van der Waals surface area (Å²) in [5, 5.41) is 14.4. The van der Waals surface area contributed by atoms with E-state index in [-0.39, 0.29) is 17.5 Å². The molecule has 0 radical (unpaired) electrons. The third kappa shape index (κ3) is 3.36. The summed E-state index contributed by atoms with van der Waals surface area (Å²) in [6, 6.07) is 13.3. The van der Waals surface area contributed by atoms with Gasteiger partial charge in [-0.05, 0) is 12.1 Å². The molecule has 0 bridgehead atoms. The third-order valence-corrected chi connectivity index (χ3v) is 3.67. The first kappa shape index (κ1) is 15.1. The number of carbonyl (C=O) groups is 1. The maximum atomic E-state index is 12.4. The van der Waals surface area contributed by atoms with E-state index >= 15 is 0 Å². The highest BCUT2D eigenvalue weighted by molar-refractivity contribution is 6.09. The molecular formula is C16H16N4O3. The summed E-state index contributed by atoms with van der Waals surface area (Å²) in [5.41, 5.74) is 7.03. The van der Waals surface area contributed by atoms with E-state index in [4.69, 9.17) is 0 Å². The summed E-state index contributed by atoms with van der Waals surface area (Å²) < 4.78 is 0. The lowest BCUT2D eigenvalue weighted by molar-refractivity contribution is -0.384. The van der Waals surface area contributed by atoms with Crippen LogP contribution in [0.1, 0.15) is 15.9 Å². The van der Waals surface area contributed by atoms with E-state index in [1.165, 1.54) is 6.07 Å². The minimum absolute atomic E-state index is 0.0596. The van der Waals surface area contributed by atoms with E-state index in [2.05, 4.69) is 16.2 Å². The Morgan fingerprint density at radius 3 is 2.43 bits per heavy atom. The fourth-order valence-electron chi connectivity index (χ4n) is 2.49. The van der Waals surface area contributed by atoms with Crippen molar-refractivity contribution in [3.63, 3.8) is 0 Å². The molecule has 23 heavy (non-hydrogen) atoms. The van der Waals surface area contributed by atoms with Gasteiger partial charge < -0.3 is 5.32 Å². The normalized spacial score (nSPS) is 14.6. The van der Waals surface area contributed by atoms with Crippen molar-refractivity contribution in [1.29, 1.82) is 0 Å². The van der Waals surface area contributed by atoms with Crippen LogP contribution in [0.3, 0.4) is 0 Å². The molecule has 1 heterocycles. The summed E-state index contributed by atoms with van der Waals surface area (Å²) in [6.07, 6.45) is 0. The van der Waals surface area contributed by atoms with Crippen molar-refractivity contribution in [3.05, 3.63) is 69.8 Å². The SMILES string of the molecule is O=C(c1ccccc1)c1ccc(NC2CNNC2)c([N+](=O)[O-])c1. The number of nitrogens with zero attached hydrogens (tertiary/aromatic N) is 1. The monoisotopic (exact) mass is 312 g/mol. The number of benzene rings is 2. The molecule has 3 N–H and O–H groups in total. The zero-order chi connectivity index (χ0) is 16.2. The Kier molecular flexibility index (Phi) is 4.31. The lowest BCUT2D eigenvalue weighted by atomic mass is 10.0. The molecular weight excluding hydrogens is 296 g/mol. The van der Waals surface area contributed by atoms with Crippen molar-refractivity contribution in [3.8, 4) is 0 Å². The van der Waals surface area contributed by atoms with E-state index in [9.17, 15) is 14.9 Å². The van der Waals surface area contributed by atoms with Gasteiger partial charge >= 0.3 is 0 Å². The second-order valence-corrected chi connectivity index (χ2v) is 5.29. The maximum Gasteiger partial charge on any atom is 0.293 e.